The zero-order valence-corrected chi connectivity index (χ0v) is 17.5. The Hall–Kier alpha value is -1.83. The molecule has 0 amide bonds. The van der Waals surface area contributed by atoms with Crippen molar-refractivity contribution in [1.29, 1.82) is 0 Å². The maximum absolute atomic E-state index is 12.1. The Morgan fingerprint density at radius 2 is 1.89 bits per heavy atom. The van der Waals surface area contributed by atoms with E-state index in [1.165, 1.54) is 11.8 Å². The maximum atomic E-state index is 12.1. The predicted molar refractivity (Wildman–Crippen MR) is 107 cm³/mol. The molecule has 0 aromatic carbocycles. The molecule has 0 aliphatic carbocycles. The molecule has 0 atom stereocenters. The van der Waals surface area contributed by atoms with Crippen molar-refractivity contribution in [2.75, 3.05) is 6.26 Å². The van der Waals surface area contributed by atoms with Crippen molar-refractivity contribution in [3.8, 4) is 0 Å². The molecular formula is C18H18Cl2N4O2S. The molecule has 0 fully saturated rings. The maximum Gasteiger partial charge on any atom is 0.306 e. The second kappa shape index (κ2) is 8.46. The molecule has 0 saturated carbocycles. The number of rotatable bonds is 6. The Kier molecular flexibility index (Phi) is 6.24. The Labute approximate surface area is 171 Å². The van der Waals surface area contributed by atoms with Gasteiger partial charge >= 0.3 is 5.97 Å². The lowest BCUT2D eigenvalue weighted by Crippen LogP contribution is -2.09. The molecule has 0 spiro atoms. The van der Waals surface area contributed by atoms with Crippen molar-refractivity contribution >= 4 is 46.6 Å². The minimum Gasteiger partial charge on any atom is -0.459 e. The van der Waals surface area contributed by atoms with Gasteiger partial charge < -0.3 is 9.14 Å². The summed E-state index contributed by atoms with van der Waals surface area (Å²) in [5.41, 5.74) is 3.95. The Bertz CT molecular complexity index is 983. The minimum absolute atomic E-state index is 0.0777. The molecule has 0 bridgehead atoms. The van der Waals surface area contributed by atoms with Crippen LogP contribution in [0.2, 0.25) is 10.0 Å². The van der Waals surface area contributed by atoms with Crippen LogP contribution in [-0.4, -0.2) is 31.6 Å². The van der Waals surface area contributed by atoms with Crippen LogP contribution < -0.4 is 0 Å². The number of carbonyl (C=O) groups excluding carboxylic acids is 1. The lowest BCUT2D eigenvalue weighted by molar-refractivity contribution is -0.145. The molecule has 9 heteroatoms. The molecule has 0 aliphatic rings. The highest BCUT2D eigenvalue weighted by Crippen LogP contribution is 2.22. The van der Waals surface area contributed by atoms with Crippen LogP contribution in [0.4, 0.5) is 0 Å². The topological polar surface area (TPSA) is 69.4 Å². The summed E-state index contributed by atoms with van der Waals surface area (Å²) in [4.78, 5) is 25.3. The van der Waals surface area contributed by atoms with E-state index >= 15 is 0 Å². The predicted octanol–water partition coefficient (Wildman–Crippen LogP) is 4.45. The first kappa shape index (κ1) is 19.9. The van der Waals surface area contributed by atoms with Gasteiger partial charge in [0.1, 0.15) is 6.61 Å². The zero-order valence-electron chi connectivity index (χ0n) is 15.1. The van der Waals surface area contributed by atoms with Gasteiger partial charge in [-0.2, -0.15) is 0 Å². The number of imidazole rings is 1. The summed E-state index contributed by atoms with van der Waals surface area (Å²) in [5, 5.41) is 1.69. The van der Waals surface area contributed by atoms with Crippen LogP contribution in [0.3, 0.4) is 0 Å². The summed E-state index contributed by atoms with van der Waals surface area (Å²) in [5.74, 6) is -0.302. The molecule has 3 aromatic heterocycles. The third kappa shape index (κ3) is 4.72. The number of fused-ring (bicyclic) bond motifs is 1. The Balaban J connectivity index is 1.60. The average Bonchev–Trinajstić information content (AvgIpc) is 3.02. The number of thioether (sulfide) groups is 1. The standard InChI is InChI=1S/C18H18Cl2N4O2S/c1-10-14(11(2)22-18(21-10)27-3)4-5-16(25)26-9-13-8-24-7-12(19)6-15(20)17(24)23-13/h6-8H,4-5,9H2,1-3H3. The average molecular weight is 425 g/mol. The quantitative estimate of drug-likeness (QED) is 0.330. The molecule has 3 aromatic rings. The van der Waals surface area contributed by atoms with Gasteiger partial charge in [0, 0.05) is 30.2 Å². The number of pyridine rings is 1. The van der Waals surface area contributed by atoms with Crippen molar-refractivity contribution in [1.82, 2.24) is 19.4 Å². The monoisotopic (exact) mass is 424 g/mol. The van der Waals surface area contributed by atoms with E-state index in [9.17, 15) is 4.79 Å². The van der Waals surface area contributed by atoms with Crippen molar-refractivity contribution in [2.45, 2.75) is 38.5 Å². The first-order valence-corrected chi connectivity index (χ1v) is 10.2. The number of hydrogen-bond acceptors (Lipinski definition) is 6. The van der Waals surface area contributed by atoms with Crippen LogP contribution in [0.25, 0.3) is 5.65 Å². The molecule has 0 unspecified atom stereocenters. The SMILES string of the molecule is CSc1nc(C)c(CCC(=O)OCc2cn3cc(Cl)cc(Cl)c3n2)c(C)n1. The minimum atomic E-state index is -0.302. The molecule has 27 heavy (non-hydrogen) atoms. The number of aromatic nitrogens is 4. The van der Waals surface area contributed by atoms with E-state index in [4.69, 9.17) is 27.9 Å². The summed E-state index contributed by atoms with van der Waals surface area (Å²) in [6, 6.07) is 1.62. The van der Waals surface area contributed by atoms with Crippen molar-refractivity contribution in [2.24, 2.45) is 0 Å². The van der Waals surface area contributed by atoms with E-state index in [1.807, 2.05) is 20.1 Å². The first-order chi connectivity index (χ1) is 12.9. The van der Waals surface area contributed by atoms with Crippen molar-refractivity contribution < 1.29 is 9.53 Å². The highest BCUT2D eigenvalue weighted by Gasteiger charge is 2.13. The zero-order chi connectivity index (χ0) is 19.6. The number of aryl methyl sites for hydroxylation is 2. The number of halogens is 2. The van der Waals surface area contributed by atoms with E-state index in [2.05, 4.69) is 15.0 Å². The molecule has 0 radical (unpaired) electrons. The number of ether oxygens (including phenoxy) is 1. The van der Waals surface area contributed by atoms with Crippen LogP contribution in [0.15, 0.2) is 23.6 Å². The molecule has 6 nitrogen and oxygen atoms in total. The van der Waals surface area contributed by atoms with Crippen LogP contribution in [0.1, 0.15) is 29.1 Å². The van der Waals surface area contributed by atoms with Gasteiger partial charge in [-0.1, -0.05) is 35.0 Å². The highest BCUT2D eigenvalue weighted by atomic mass is 35.5. The fraction of sp³-hybridized carbons (Fsp3) is 0.333. The van der Waals surface area contributed by atoms with E-state index in [-0.39, 0.29) is 19.0 Å². The van der Waals surface area contributed by atoms with Gasteiger partial charge in [-0.15, -0.1) is 0 Å². The van der Waals surface area contributed by atoms with Crippen LogP contribution >= 0.6 is 35.0 Å². The van der Waals surface area contributed by atoms with E-state index in [0.717, 1.165) is 22.1 Å². The fourth-order valence-corrected chi connectivity index (χ4v) is 3.74. The van der Waals surface area contributed by atoms with Gasteiger partial charge in [0.15, 0.2) is 10.8 Å². The number of carbonyl (C=O) groups is 1. The second-order valence-electron chi connectivity index (χ2n) is 5.99. The normalized spacial score (nSPS) is 11.1. The fourth-order valence-electron chi connectivity index (χ4n) is 2.76. The van der Waals surface area contributed by atoms with Crippen LogP contribution in [-0.2, 0) is 22.6 Å². The van der Waals surface area contributed by atoms with Crippen molar-refractivity contribution in [3.05, 3.63) is 51.2 Å². The molecule has 3 heterocycles. The third-order valence-corrected chi connectivity index (χ3v) is 5.10. The summed E-state index contributed by atoms with van der Waals surface area (Å²) in [7, 11) is 0. The Morgan fingerprint density at radius 1 is 1.19 bits per heavy atom. The number of hydrogen-bond donors (Lipinski definition) is 0. The van der Waals surface area contributed by atoms with Crippen molar-refractivity contribution in [3.63, 3.8) is 0 Å². The van der Waals surface area contributed by atoms with E-state index < -0.39 is 0 Å². The molecule has 3 rings (SSSR count). The molecule has 0 saturated heterocycles. The summed E-state index contributed by atoms with van der Waals surface area (Å²) >= 11 is 13.6. The largest absolute Gasteiger partial charge is 0.459 e. The smallest absolute Gasteiger partial charge is 0.306 e. The van der Waals surface area contributed by atoms with E-state index in [0.29, 0.717) is 27.8 Å². The molecule has 0 aliphatic heterocycles. The van der Waals surface area contributed by atoms with Gasteiger partial charge in [0.2, 0.25) is 0 Å². The summed E-state index contributed by atoms with van der Waals surface area (Å²) in [6.07, 6.45) is 6.17. The number of esters is 1. The lowest BCUT2D eigenvalue weighted by atomic mass is 10.1. The third-order valence-electron chi connectivity index (χ3n) is 4.07. The van der Waals surface area contributed by atoms with Crippen LogP contribution in [0.5, 0.6) is 0 Å². The lowest BCUT2D eigenvalue weighted by Gasteiger charge is -2.09. The highest BCUT2D eigenvalue weighted by molar-refractivity contribution is 7.98. The first-order valence-electron chi connectivity index (χ1n) is 8.23. The summed E-state index contributed by atoms with van der Waals surface area (Å²) in [6.45, 7) is 3.94. The van der Waals surface area contributed by atoms with Gasteiger partial charge in [-0.3, -0.25) is 4.79 Å². The molecule has 0 N–H and O–H groups in total. The van der Waals surface area contributed by atoms with Gasteiger partial charge in [-0.25, -0.2) is 15.0 Å². The Morgan fingerprint density at radius 3 is 2.56 bits per heavy atom. The van der Waals surface area contributed by atoms with E-state index in [1.54, 1.807) is 22.9 Å². The molecular weight excluding hydrogens is 407 g/mol. The summed E-state index contributed by atoms with van der Waals surface area (Å²) < 4.78 is 7.05. The molecule has 142 valence electrons. The second-order valence-corrected chi connectivity index (χ2v) is 7.61. The van der Waals surface area contributed by atoms with Crippen LogP contribution in [0, 0.1) is 13.8 Å². The van der Waals surface area contributed by atoms with Gasteiger partial charge in [-0.05, 0) is 38.2 Å². The van der Waals surface area contributed by atoms with Gasteiger partial charge in [0.05, 0.1) is 15.7 Å². The number of nitrogens with zero attached hydrogens (tertiary/aromatic N) is 4. The van der Waals surface area contributed by atoms with Gasteiger partial charge in [0.25, 0.3) is 0 Å².